The zero-order chi connectivity index (χ0) is 22.1. The van der Waals surface area contributed by atoms with Crippen LogP contribution in [0.1, 0.15) is 33.1 Å². The van der Waals surface area contributed by atoms with Crippen molar-refractivity contribution in [2.75, 3.05) is 10.6 Å². The largest absolute Gasteiger partial charge is 0.324 e. The molecule has 3 aromatic carbocycles. The Morgan fingerprint density at radius 1 is 1.00 bits per heavy atom. The minimum atomic E-state index is -0.320. The minimum Gasteiger partial charge on any atom is -0.324 e. The smallest absolute Gasteiger partial charge is 0.258 e. The zero-order valence-corrected chi connectivity index (χ0v) is 17.3. The van der Waals surface area contributed by atoms with Crippen molar-refractivity contribution in [2.45, 2.75) is 13.0 Å². The highest BCUT2D eigenvalue weighted by atomic mass is 19.1. The SMILES string of the molecule is Cc1ccc(C(=O)Nc2nc3n(n2)[C@H](c2ccc(F)cc2)C=C(c2ccccc2)N3)cc1. The lowest BCUT2D eigenvalue weighted by atomic mass is 10.0. The van der Waals surface area contributed by atoms with Crippen LogP contribution in [-0.2, 0) is 0 Å². The van der Waals surface area contributed by atoms with Crippen LogP contribution >= 0.6 is 0 Å². The van der Waals surface area contributed by atoms with Crippen LogP contribution in [0.15, 0.2) is 84.9 Å². The Labute approximate surface area is 184 Å². The van der Waals surface area contributed by atoms with Gasteiger partial charge in [0.05, 0.1) is 0 Å². The molecule has 0 radical (unpaired) electrons. The Morgan fingerprint density at radius 3 is 2.44 bits per heavy atom. The standard InChI is InChI=1S/C25H20FN5O/c1-16-7-9-19(10-8-16)23(32)28-24-29-25-27-21(17-5-3-2-4-6-17)15-22(31(25)30-24)18-11-13-20(26)14-12-18/h2-15,22H,1H3,(H2,27,28,29,30,32)/t22-/m0/s1. The van der Waals surface area contributed by atoms with E-state index in [0.717, 1.165) is 22.4 Å². The van der Waals surface area contributed by atoms with Gasteiger partial charge in [-0.25, -0.2) is 9.07 Å². The molecule has 0 fully saturated rings. The molecule has 0 aliphatic carbocycles. The third-order valence-corrected chi connectivity index (χ3v) is 5.30. The number of nitrogens with zero attached hydrogens (tertiary/aromatic N) is 3. The fourth-order valence-corrected chi connectivity index (χ4v) is 3.61. The summed E-state index contributed by atoms with van der Waals surface area (Å²) in [5.41, 5.74) is 4.29. The van der Waals surface area contributed by atoms with Crippen LogP contribution in [0.3, 0.4) is 0 Å². The molecule has 1 aliphatic heterocycles. The van der Waals surface area contributed by atoms with Crippen LogP contribution in [-0.4, -0.2) is 20.7 Å². The fraction of sp³-hybridized carbons (Fsp3) is 0.0800. The van der Waals surface area contributed by atoms with Crippen molar-refractivity contribution in [1.29, 1.82) is 0 Å². The van der Waals surface area contributed by atoms with E-state index in [1.165, 1.54) is 12.1 Å². The van der Waals surface area contributed by atoms with Crippen LogP contribution < -0.4 is 10.6 Å². The summed E-state index contributed by atoms with van der Waals surface area (Å²) in [5.74, 6) is 0.0788. The monoisotopic (exact) mass is 425 g/mol. The first-order valence-electron chi connectivity index (χ1n) is 10.2. The number of hydrogen-bond donors (Lipinski definition) is 2. The maximum atomic E-state index is 13.5. The molecule has 1 amide bonds. The van der Waals surface area contributed by atoms with Crippen molar-refractivity contribution in [2.24, 2.45) is 0 Å². The molecule has 7 heteroatoms. The fourth-order valence-electron chi connectivity index (χ4n) is 3.61. The van der Waals surface area contributed by atoms with Crippen LogP contribution in [0.4, 0.5) is 16.3 Å². The van der Waals surface area contributed by atoms with Crippen molar-refractivity contribution < 1.29 is 9.18 Å². The number of halogens is 1. The topological polar surface area (TPSA) is 71.8 Å². The highest BCUT2D eigenvalue weighted by Crippen LogP contribution is 2.33. The van der Waals surface area contributed by atoms with E-state index in [9.17, 15) is 9.18 Å². The number of anilines is 2. The number of aromatic nitrogens is 3. The van der Waals surface area contributed by atoms with E-state index in [4.69, 9.17) is 0 Å². The maximum absolute atomic E-state index is 13.5. The number of carbonyl (C=O) groups excluding carboxylic acids is 1. The van der Waals surface area contributed by atoms with Crippen molar-refractivity contribution >= 4 is 23.5 Å². The number of nitrogens with one attached hydrogen (secondary N) is 2. The Bertz CT molecular complexity index is 1290. The molecule has 1 atom stereocenters. The summed E-state index contributed by atoms with van der Waals surface area (Å²) in [7, 11) is 0. The molecular formula is C25H20FN5O. The second-order valence-electron chi connectivity index (χ2n) is 7.59. The van der Waals surface area contributed by atoms with Gasteiger partial charge in [0, 0.05) is 11.3 Å². The van der Waals surface area contributed by atoms with Crippen molar-refractivity contribution in [3.8, 4) is 0 Å². The molecule has 4 aromatic rings. The van der Waals surface area contributed by atoms with Crippen LogP contribution in [0.25, 0.3) is 5.70 Å². The van der Waals surface area contributed by atoms with Gasteiger partial charge in [-0.15, -0.1) is 5.10 Å². The van der Waals surface area contributed by atoms with Crippen LogP contribution in [0.2, 0.25) is 0 Å². The molecule has 6 nitrogen and oxygen atoms in total. The van der Waals surface area contributed by atoms with Gasteiger partial charge in [0.1, 0.15) is 11.9 Å². The molecule has 158 valence electrons. The number of allylic oxidation sites excluding steroid dienone is 1. The van der Waals surface area contributed by atoms with Crippen LogP contribution in [0.5, 0.6) is 0 Å². The molecule has 32 heavy (non-hydrogen) atoms. The number of amides is 1. The molecule has 1 aromatic heterocycles. The molecule has 2 heterocycles. The van der Waals surface area contributed by atoms with Gasteiger partial charge in [-0.3, -0.25) is 10.1 Å². The van der Waals surface area contributed by atoms with Gasteiger partial charge in [0.15, 0.2) is 0 Å². The minimum absolute atomic E-state index is 0.188. The summed E-state index contributed by atoms with van der Waals surface area (Å²) in [6.07, 6.45) is 2.01. The van der Waals surface area contributed by atoms with E-state index in [2.05, 4.69) is 20.7 Å². The number of hydrogen-bond acceptors (Lipinski definition) is 4. The normalized spacial score (nSPS) is 14.8. The van der Waals surface area contributed by atoms with Gasteiger partial charge in [-0.1, -0.05) is 60.2 Å². The molecule has 0 unspecified atom stereocenters. The van der Waals surface area contributed by atoms with Gasteiger partial charge in [-0.2, -0.15) is 4.98 Å². The van der Waals surface area contributed by atoms with Crippen LogP contribution in [0, 0.1) is 12.7 Å². The first kappa shape index (κ1) is 19.7. The second-order valence-corrected chi connectivity index (χ2v) is 7.59. The van der Waals surface area contributed by atoms with Gasteiger partial charge >= 0.3 is 0 Å². The van der Waals surface area contributed by atoms with E-state index in [1.807, 2.05) is 55.5 Å². The lowest BCUT2D eigenvalue weighted by molar-refractivity contribution is 0.102. The third-order valence-electron chi connectivity index (χ3n) is 5.30. The summed E-state index contributed by atoms with van der Waals surface area (Å²) in [6.45, 7) is 1.96. The molecular weight excluding hydrogens is 405 g/mol. The Morgan fingerprint density at radius 2 is 1.72 bits per heavy atom. The van der Waals surface area contributed by atoms with E-state index >= 15 is 0 Å². The highest BCUT2D eigenvalue weighted by molar-refractivity contribution is 6.03. The van der Waals surface area contributed by atoms with Gasteiger partial charge in [0.25, 0.3) is 11.9 Å². The first-order valence-corrected chi connectivity index (χ1v) is 10.2. The molecule has 0 bridgehead atoms. The van der Waals surface area contributed by atoms with E-state index in [1.54, 1.807) is 28.9 Å². The van der Waals surface area contributed by atoms with Gasteiger partial charge in [-0.05, 0) is 48.4 Å². The molecule has 0 spiro atoms. The number of fused-ring (bicyclic) bond motifs is 1. The quantitative estimate of drug-likeness (QED) is 0.481. The zero-order valence-electron chi connectivity index (χ0n) is 17.3. The molecule has 2 N–H and O–H groups in total. The lowest BCUT2D eigenvalue weighted by Gasteiger charge is -2.24. The van der Waals surface area contributed by atoms with E-state index in [-0.39, 0.29) is 23.7 Å². The average Bonchev–Trinajstić information content (AvgIpc) is 3.22. The predicted molar refractivity (Wildman–Crippen MR) is 122 cm³/mol. The highest BCUT2D eigenvalue weighted by Gasteiger charge is 2.26. The molecule has 5 rings (SSSR count). The Hall–Kier alpha value is -4.26. The summed E-state index contributed by atoms with van der Waals surface area (Å²) in [5, 5.41) is 10.6. The third kappa shape index (κ3) is 3.88. The summed E-state index contributed by atoms with van der Waals surface area (Å²) < 4.78 is 15.2. The number of rotatable bonds is 4. The second kappa shape index (κ2) is 8.11. The summed E-state index contributed by atoms with van der Waals surface area (Å²) in [6, 6.07) is 23.1. The number of benzene rings is 3. The molecule has 0 saturated heterocycles. The summed E-state index contributed by atoms with van der Waals surface area (Å²) >= 11 is 0. The maximum Gasteiger partial charge on any atom is 0.258 e. The van der Waals surface area contributed by atoms with Crippen molar-refractivity contribution in [3.05, 3.63) is 113 Å². The first-order chi connectivity index (χ1) is 15.6. The van der Waals surface area contributed by atoms with Crippen molar-refractivity contribution in [1.82, 2.24) is 14.8 Å². The lowest BCUT2D eigenvalue weighted by Crippen LogP contribution is -2.20. The van der Waals surface area contributed by atoms with Gasteiger partial charge < -0.3 is 5.32 Å². The van der Waals surface area contributed by atoms with Crippen molar-refractivity contribution in [3.63, 3.8) is 0 Å². The molecule has 0 saturated carbocycles. The average molecular weight is 425 g/mol. The van der Waals surface area contributed by atoms with E-state index < -0.39 is 0 Å². The number of aryl methyl sites for hydroxylation is 1. The Balaban J connectivity index is 1.50. The number of carbonyl (C=O) groups is 1. The predicted octanol–water partition coefficient (Wildman–Crippen LogP) is 5.03. The van der Waals surface area contributed by atoms with E-state index in [0.29, 0.717) is 11.5 Å². The Kier molecular flexibility index (Phi) is 4.99. The van der Waals surface area contributed by atoms with Gasteiger partial charge in [0.2, 0.25) is 5.95 Å². The molecule has 1 aliphatic rings. The summed E-state index contributed by atoms with van der Waals surface area (Å²) in [4.78, 5) is 17.1.